The van der Waals surface area contributed by atoms with Crippen molar-refractivity contribution in [2.75, 3.05) is 13.1 Å². The lowest BCUT2D eigenvalue weighted by molar-refractivity contribution is 0.00578. The quantitative estimate of drug-likeness (QED) is 0.786. The molecular formula is C15H21BN2O3S. The summed E-state index contributed by atoms with van der Waals surface area (Å²) in [7, 11) is -0.304. The van der Waals surface area contributed by atoms with Gasteiger partial charge in [-0.25, -0.2) is 4.98 Å². The van der Waals surface area contributed by atoms with E-state index in [2.05, 4.69) is 38.8 Å². The third-order valence-corrected chi connectivity index (χ3v) is 5.33. The van der Waals surface area contributed by atoms with E-state index in [1.54, 1.807) is 10.9 Å². The predicted octanol–water partition coefficient (Wildman–Crippen LogP) is 2.55. The highest BCUT2D eigenvalue weighted by atomic mass is 32.1. The number of amides is 1. The molecule has 0 bridgehead atoms. The maximum absolute atomic E-state index is 12.3. The smallest absolute Gasteiger partial charge is 0.400 e. The largest absolute Gasteiger partial charge is 0.490 e. The third-order valence-electron chi connectivity index (χ3n) is 4.74. The van der Waals surface area contributed by atoms with Crippen LogP contribution in [0.25, 0.3) is 0 Å². The van der Waals surface area contributed by atoms with Gasteiger partial charge in [-0.3, -0.25) is 4.79 Å². The van der Waals surface area contributed by atoms with E-state index < -0.39 is 0 Å². The minimum Gasteiger partial charge on any atom is -0.400 e. The maximum atomic E-state index is 12.3. The van der Waals surface area contributed by atoms with Gasteiger partial charge >= 0.3 is 7.12 Å². The second kappa shape index (κ2) is 5.47. The summed E-state index contributed by atoms with van der Waals surface area (Å²) < 4.78 is 12.1. The molecule has 118 valence electrons. The van der Waals surface area contributed by atoms with Gasteiger partial charge in [-0.05, 0) is 39.6 Å². The van der Waals surface area contributed by atoms with Crippen molar-refractivity contribution in [3.8, 4) is 0 Å². The van der Waals surface area contributed by atoms with Crippen molar-refractivity contribution >= 4 is 24.4 Å². The monoisotopic (exact) mass is 320 g/mol. The molecule has 3 rings (SSSR count). The van der Waals surface area contributed by atoms with Crippen molar-refractivity contribution < 1.29 is 14.1 Å². The zero-order valence-corrected chi connectivity index (χ0v) is 14.3. The first-order valence-corrected chi connectivity index (χ1v) is 8.46. The summed E-state index contributed by atoms with van der Waals surface area (Å²) in [4.78, 5) is 18.2. The number of carbonyl (C=O) groups is 1. The lowest BCUT2D eigenvalue weighted by atomic mass is 9.74. The van der Waals surface area contributed by atoms with Gasteiger partial charge in [-0.1, -0.05) is 6.08 Å². The average Bonchev–Trinajstić information content (AvgIpc) is 3.05. The van der Waals surface area contributed by atoms with Crippen molar-refractivity contribution in [2.24, 2.45) is 0 Å². The molecule has 3 heterocycles. The van der Waals surface area contributed by atoms with Crippen LogP contribution in [0.2, 0.25) is 0 Å². The van der Waals surface area contributed by atoms with Crippen LogP contribution >= 0.6 is 11.3 Å². The summed E-state index contributed by atoms with van der Waals surface area (Å²) in [6.07, 6.45) is 2.82. The lowest BCUT2D eigenvalue weighted by Crippen LogP contribution is -2.41. The Hall–Kier alpha value is -1.18. The van der Waals surface area contributed by atoms with Crippen LogP contribution in [0.1, 0.15) is 44.6 Å². The summed E-state index contributed by atoms with van der Waals surface area (Å²) in [5.41, 5.74) is 2.68. The Bertz CT molecular complexity index is 582. The van der Waals surface area contributed by atoms with Gasteiger partial charge in [0.15, 0.2) is 0 Å². The molecule has 0 aromatic carbocycles. The van der Waals surface area contributed by atoms with E-state index >= 15 is 0 Å². The Morgan fingerprint density at radius 2 is 2.00 bits per heavy atom. The molecule has 0 aliphatic carbocycles. The fourth-order valence-electron chi connectivity index (χ4n) is 2.56. The van der Waals surface area contributed by atoms with E-state index in [1.165, 1.54) is 11.3 Å². The maximum Gasteiger partial charge on any atom is 0.490 e. The van der Waals surface area contributed by atoms with Crippen molar-refractivity contribution in [1.82, 2.24) is 9.88 Å². The molecule has 0 radical (unpaired) electrons. The number of rotatable bonds is 2. The van der Waals surface area contributed by atoms with Crippen LogP contribution in [-0.2, 0) is 9.31 Å². The zero-order valence-electron chi connectivity index (χ0n) is 13.5. The van der Waals surface area contributed by atoms with Gasteiger partial charge in [-0.2, -0.15) is 0 Å². The summed E-state index contributed by atoms with van der Waals surface area (Å²) in [6, 6.07) is 0. The highest BCUT2D eigenvalue weighted by molar-refractivity contribution is 7.07. The molecular weight excluding hydrogens is 299 g/mol. The van der Waals surface area contributed by atoms with Crippen molar-refractivity contribution in [3.05, 3.63) is 28.1 Å². The molecule has 0 spiro atoms. The molecule has 1 saturated heterocycles. The predicted molar refractivity (Wildman–Crippen MR) is 86.8 cm³/mol. The third kappa shape index (κ3) is 2.73. The molecule has 0 saturated carbocycles. The van der Waals surface area contributed by atoms with E-state index in [-0.39, 0.29) is 24.2 Å². The molecule has 0 atom stereocenters. The Kier molecular flexibility index (Phi) is 3.91. The Labute approximate surface area is 135 Å². The molecule has 0 N–H and O–H groups in total. The van der Waals surface area contributed by atoms with E-state index in [4.69, 9.17) is 9.31 Å². The van der Waals surface area contributed by atoms with Crippen molar-refractivity contribution in [3.63, 3.8) is 0 Å². The van der Waals surface area contributed by atoms with E-state index in [1.807, 2.05) is 4.90 Å². The molecule has 5 nitrogen and oxygen atoms in total. The SMILES string of the molecule is CC1(C)OB(C2=CCN(C(=O)c3cscn3)CC2)OC1(C)C. The van der Waals surface area contributed by atoms with E-state index in [0.29, 0.717) is 18.8 Å². The molecule has 2 aliphatic rings. The minimum absolute atomic E-state index is 0.00883. The van der Waals surface area contributed by atoms with Crippen LogP contribution in [0.15, 0.2) is 22.4 Å². The van der Waals surface area contributed by atoms with Crippen LogP contribution < -0.4 is 0 Å². The zero-order chi connectivity index (χ0) is 16.0. The number of hydrogen-bond donors (Lipinski definition) is 0. The van der Waals surface area contributed by atoms with E-state index in [0.717, 1.165) is 11.9 Å². The van der Waals surface area contributed by atoms with Crippen LogP contribution in [-0.4, -0.2) is 47.2 Å². The van der Waals surface area contributed by atoms with Crippen LogP contribution in [0.5, 0.6) is 0 Å². The van der Waals surface area contributed by atoms with Gasteiger partial charge in [0.1, 0.15) is 5.69 Å². The Morgan fingerprint density at radius 1 is 1.32 bits per heavy atom. The van der Waals surface area contributed by atoms with Gasteiger partial charge < -0.3 is 14.2 Å². The van der Waals surface area contributed by atoms with Crippen LogP contribution in [0, 0.1) is 0 Å². The summed E-state index contributed by atoms with van der Waals surface area (Å²) in [5.74, 6) is -0.00883. The molecule has 0 unspecified atom stereocenters. The lowest BCUT2D eigenvalue weighted by Gasteiger charge is -2.32. The van der Waals surface area contributed by atoms with Gasteiger partial charge in [0.2, 0.25) is 0 Å². The van der Waals surface area contributed by atoms with Gasteiger partial charge in [0.05, 0.1) is 16.7 Å². The Morgan fingerprint density at radius 3 is 2.50 bits per heavy atom. The van der Waals surface area contributed by atoms with Crippen molar-refractivity contribution in [1.29, 1.82) is 0 Å². The molecule has 1 fully saturated rings. The summed E-state index contributed by atoms with van der Waals surface area (Å²) >= 11 is 1.44. The molecule has 7 heteroatoms. The molecule has 2 aliphatic heterocycles. The van der Waals surface area contributed by atoms with E-state index in [9.17, 15) is 4.79 Å². The van der Waals surface area contributed by atoms with Crippen LogP contribution in [0.4, 0.5) is 0 Å². The van der Waals surface area contributed by atoms with Gasteiger partial charge in [0, 0.05) is 18.5 Å². The molecule has 1 aromatic rings. The van der Waals surface area contributed by atoms with Gasteiger partial charge in [0.25, 0.3) is 5.91 Å². The summed E-state index contributed by atoms with van der Waals surface area (Å²) in [6.45, 7) is 9.45. The number of hydrogen-bond acceptors (Lipinski definition) is 5. The second-order valence-electron chi connectivity index (χ2n) is 6.74. The first-order chi connectivity index (χ1) is 10.3. The fraction of sp³-hybridized carbons (Fsp3) is 0.600. The summed E-state index contributed by atoms with van der Waals surface area (Å²) in [5, 5.41) is 1.79. The first kappa shape index (κ1) is 15.7. The van der Waals surface area contributed by atoms with Crippen LogP contribution in [0.3, 0.4) is 0 Å². The molecule has 1 aromatic heterocycles. The highest BCUT2D eigenvalue weighted by Gasteiger charge is 2.52. The van der Waals surface area contributed by atoms with Crippen molar-refractivity contribution in [2.45, 2.75) is 45.3 Å². The Balaban J connectivity index is 1.66. The molecule has 1 amide bonds. The molecule has 22 heavy (non-hydrogen) atoms. The average molecular weight is 320 g/mol. The minimum atomic E-state index is -0.327. The van der Waals surface area contributed by atoms with Gasteiger partial charge in [-0.15, -0.1) is 11.3 Å². The fourth-order valence-corrected chi connectivity index (χ4v) is 3.08. The highest BCUT2D eigenvalue weighted by Crippen LogP contribution is 2.39. The number of carbonyl (C=O) groups excluding carboxylic acids is 1. The topological polar surface area (TPSA) is 51.7 Å². The second-order valence-corrected chi connectivity index (χ2v) is 7.46. The number of nitrogens with zero attached hydrogens (tertiary/aromatic N) is 2. The number of aromatic nitrogens is 1. The normalized spacial score (nSPS) is 23.5. The first-order valence-electron chi connectivity index (χ1n) is 7.52. The number of thiazole rings is 1. The standard InChI is InChI=1S/C15H21BN2O3S/c1-14(2)15(3,4)21-16(20-14)11-5-7-18(8-6-11)13(19)12-9-22-10-17-12/h5,9-10H,6-8H2,1-4H3.